The van der Waals surface area contributed by atoms with Gasteiger partial charge in [0.25, 0.3) is 5.91 Å². The molecule has 31 heavy (non-hydrogen) atoms. The van der Waals surface area contributed by atoms with Gasteiger partial charge in [-0.05, 0) is 35.2 Å². The molecule has 0 aliphatic rings. The number of nitrogens with zero attached hydrogens (tertiary/aromatic N) is 2. The van der Waals surface area contributed by atoms with E-state index in [4.69, 9.17) is 16.1 Å². The van der Waals surface area contributed by atoms with Crippen LogP contribution < -0.4 is 10.6 Å². The Morgan fingerprint density at radius 3 is 2.42 bits per heavy atom. The van der Waals surface area contributed by atoms with Crippen LogP contribution >= 0.6 is 11.6 Å². The Labute approximate surface area is 185 Å². The Kier molecular flexibility index (Phi) is 6.50. The van der Waals surface area contributed by atoms with E-state index >= 15 is 0 Å². The fourth-order valence-corrected chi connectivity index (χ4v) is 3.09. The van der Waals surface area contributed by atoms with E-state index in [0.717, 1.165) is 5.56 Å². The first-order valence-electron chi connectivity index (χ1n) is 9.95. The van der Waals surface area contributed by atoms with Crippen molar-refractivity contribution in [2.75, 3.05) is 10.6 Å². The van der Waals surface area contributed by atoms with Gasteiger partial charge in [-0.3, -0.25) is 9.59 Å². The molecule has 2 amide bonds. The zero-order chi connectivity index (χ0) is 22.8. The number of imidazole rings is 1. The number of aromatic amines is 1. The Morgan fingerprint density at radius 1 is 1.16 bits per heavy atom. The van der Waals surface area contributed by atoms with Gasteiger partial charge in [-0.2, -0.15) is 0 Å². The molecular weight excluding hydrogens is 418 g/mol. The summed E-state index contributed by atoms with van der Waals surface area (Å²) in [6.07, 6.45) is 0.165. The monoisotopic (exact) mass is 443 g/mol. The lowest BCUT2D eigenvalue weighted by molar-refractivity contribution is -0.115. The van der Waals surface area contributed by atoms with Crippen LogP contribution in [-0.2, 0) is 16.6 Å². The molecule has 8 nitrogen and oxygen atoms in total. The Hall–Kier alpha value is -3.13. The molecule has 0 saturated carbocycles. The van der Waals surface area contributed by atoms with Gasteiger partial charge in [-0.15, -0.1) is 0 Å². The van der Waals surface area contributed by atoms with E-state index in [-0.39, 0.29) is 40.5 Å². The molecule has 0 bridgehead atoms. The van der Waals surface area contributed by atoms with Crippen LogP contribution in [-0.4, -0.2) is 26.9 Å². The highest BCUT2D eigenvalue weighted by atomic mass is 35.5. The first-order chi connectivity index (χ1) is 14.5. The fraction of sp³-hybridized carbons (Fsp3) is 0.364. The summed E-state index contributed by atoms with van der Waals surface area (Å²) in [5, 5.41) is 9.60. The van der Waals surface area contributed by atoms with Gasteiger partial charge in [0.15, 0.2) is 11.5 Å². The van der Waals surface area contributed by atoms with E-state index in [0.29, 0.717) is 23.0 Å². The van der Waals surface area contributed by atoms with E-state index in [9.17, 15) is 9.59 Å². The lowest BCUT2D eigenvalue weighted by Crippen LogP contribution is -2.16. The van der Waals surface area contributed by atoms with Crippen LogP contribution in [0.15, 0.2) is 34.9 Å². The molecular formula is C22H26ClN5O3. The van der Waals surface area contributed by atoms with E-state index < -0.39 is 0 Å². The minimum Gasteiger partial charge on any atom is -0.359 e. The summed E-state index contributed by atoms with van der Waals surface area (Å²) in [5.74, 6) is 0.598. The van der Waals surface area contributed by atoms with Gasteiger partial charge < -0.3 is 20.1 Å². The average Bonchev–Trinajstić information content (AvgIpc) is 3.30. The number of hydrogen-bond acceptors (Lipinski definition) is 5. The van der Waals surface area contributed by atoms with Crippen molar-refractivity contribution in [3.63, 3.8) is 0 Å². The van der Waals surface area contributed by atoms with E-state index in [1.54, 1.807) is 30.3 Å². The highest BCUT2D eigenvalue weighted by Gasteiger charge is 2.21. The summed E-state index contributed by atoms with van der Waals surface area (Å²) in [4.78, 5) is 31.8. The van der Waals surface area contributed by atoms with Crippen LogP contribution in [0.3, 0.4) is 0 Å². The molecule has 3 aromatic rings. The molecule has 2 aromatic heterocycles. The second-order valence-corrected chi connectivity index (χ2v) is 9.01. The van der Waals surface area contributed by atoms with Crippen molar-refractivity contribution in [1.82, 2.24) is 15.1 Å². The standard InChI is InChI=1S/C22H26ClN5O3/c1-12(2)18-19(27-21(23)26-18)20(30)24-14-8-6-13(7-9-14)10-17(29)25-16-11-15(31-28-16)22(3,4)5/h6-9,11-12H,10H2,1-5H3,(H,24,30)(H,26,27)(H,25,28,29). The molecule has 0 unspecified atom stereocenters. The summed E-state index contributed by atoms with van der Waals surface area (Å²) in [6.45, 7) is 9.91. The zero-order valence-corrected chi connectivity index (χ0v) is 18.9. The molecule has 3 N–H and O–H groups in total. The summed E-state index contributed by atoms with van der Waals surface area (Å²) >= 11 is 5.91. The Morgan fingerprint density at radius 2 is 1.84 bits per heavy atom. The summed E-state index contributed by atoms with van der Waals surface area (Å²) in [5.41, 5.74) is 2.15. The third-order valence-electron chi connectivity index (χ3n) is 4.59. The second kappa shape index (κ2) is 8.93. The van der Waals surface area contributed by atoms with Gasteiger partial charge in [-0.1, -0.05) is 51.9 Å². The molecule has 0 fully saturated rings. The maximum absolute atomic E-state index is 12.6. The number of hydrogen-bond donors (Lipinski definition) is 3. The maximum atomic E-state index is 12.6. The number of carbonyl (C=O) groups is 2. The number of H-pyrrole nitrogens is 1. The first-order valence-corrected chi connectivity index (χ1v) is 10.3. The van der Waals surface area contributed by atoms with Crippen molar-refractivity contribution < 1.29 is 14.1 Å². The second-order valence-electron chi connectivity index (χ2n) is 8.65. The highest BCUT2D eigenvalue weighted by Crippen LogP contribution is 2.24. The van der Waals surface area contributed by atoms with Crippen molar-refractivity contribution in [2.45, 2.75) is 52.4 Å². The average molecular weight is 444 g/mol. The summed E-state index contributed by atoms with van der Waals surface area (Å²) in [6, 6.07) is 8.75. The number of carbonyl (C=O) groups excluding carboxylic acids is 2. The third-order valence-corrected chi connectivity index (χ3v) is 4.77. The number of anilines is 2. The van der Waals surface area contributed by atoms with Crippen molar-refractivity contribution in [2.24, 2.45) is 0 Å². The first kappa shape index (κ1) is 22.6. The number of nitrogens with one attached hydrogen (secondary N) is 3. The summed E-state index contributed by atoms with van der Waals surface area (Å²) in [7, 11) is 0. The normalized spacial score (nSPS) is 11.6. The number of benzene rings is 1. The van der Waals surface area contributed by atoms with E-state index in [1.165, 1.54) is 0 Å². The molecule has 3 rings (SSSR count). The molecule has 164 valence electrons. The predicted molar refractivity (Wildman–Crippen MR) is 120 cm³/mol. The summed E-state index contributed by atoms with van der Waals surface area (Å²) < 4.78 is 5.27. The van der Waals surface area contributed by atoms with Crippen LogP contribution in [0.5, 0.6) is 0 Å². The number of halogens is 1. The van der Waals surface area contributed by atoms with Crippen LogP contribution in [0.25, 0.3) is 0 Å². The molecule has 1 aromatic carbocycles. The zero-order valence-electron chi connectivity index (χ0n) is 18.2. The van der Waals surface area contributed by atoms with Crippen molar-refractivity contribution in [1.29, 1.82) is 0 Å². The molecule has 0 saturated heterocycles. The van der Waals surface area contributed by atoms with Gasteiger partial charge in [-0.25, -0.2) is 4.98 Å². The molecule has 0 atom stereocenters. The van der Waals surface area contributed by atoms with Crippen molar-refractivity contribution >= 4 is 34.9 Å². The van der Waals surface area contributed by atoms with Crippen LogP contribution in [0.2, 0.25) is 5.28 Å². The topological polar surface area (TPSA) is 113 Å². The van der Waals surface area contributed by atoms with Crippen molar-refractivity contribution in [3.8, 4) is 0 Å². The van der Waals surface area contributed by atoms with Crippen LogP contribution in [0, 0.1) is 0 Å². The third kappa shape index (κ3) is 5.73. The number of rotatable bonds is 6. The minimum absolute atomic E-state index is 0.0748. The molecule has 0 aliphatic carbocycles. The van der Waals surface area contributed by atoms with Gasteiger partial charge in [0, 0.05) is 17.2 Å². The fourth-order valence-electron chi connectivity index (χ4n) is 2.90. The van der Waals surface area contributed by atoms with Crippen molar-refractivity contribution in [3.05, 3.63) is 58.3 Å². The molecule has 2 heterocycles. The quantitative estimate of drug-likeness (QED) is 0.501. The van der Waals surface area contributed by atoms with Crippen LogP contribution in [0.4, 0.5) is 11.5 Å². The lowest BCUT2D eigenvalue weighted by atomic mass is 9.93. The molecule has 9 heteroatoms. The lowest BCUT2D eigenvalue weighted by Gasteiger charge is -2.12. The largest absolute Gasteiger partial charge is 0.359 e. The van der Waals surface area contributed by atoms with Crippen LogP contribution in [0.1, 0.15) is 68.0 Å². The number of amides is 2. The van der Waals surface area contributed by atoms with Gasteiger partial charge in [0.2, 0.25) is 11.2 Å². The Bertz CT molecular complexity index is 1080. The predicted octanol–water partition coefficient (Wildman–Crippen LogP) is 4.91. The van der Waals surface area contributed by atoms with Gasteiger partial charge in [0.05, 0.1) is 12.1 Å². The highest BCUT2D eigenvalue weighted by molar-refractivity contribution is 6.28. The molecule has 0 spiro atoms. The van der Waals surface area contributed by atoms with Gasteiger partial charge in [0.1, 0.15) is 5.76 Å². The van der Waals surface area contributed by atoms with E-state index in [2.05, 4.69) is 25.8 Å². The smallest absolute Gasteiger partial charge is 0.276 e. The maximum Gasteiger partial charge on any atom is 0.276 e. The SMILES string of the molecule is CC(C)c1[nH]c(Cl)nc1C(=O)Nc1ccc(CC(=O)Nc2cc(C(C)(C)C)on2)cc1. The minimum atomic E-state index is -0.349. The number of aromatic nitrogens is 3. The van der Waals surface area contributed by atoms with E-state index in [1.807, 2.05) is 34.6 Å². The van der Waals surface area contributed by atoms with Gasteiger partial charge >= 0.3 is 0 Å². The molecule has 0 radical (unpaired) electrons. The molecule has 0 aliphatic heterocycles. The Balaban J connectivity index is 1.59.